The summed E-state index contributed by atoms with van der Waals surface area (Å²) in [7, 11) is 1.50. The fourth-order valence-corrected chi connectivity index (χ4v) is 2.62. The monoisotopic (exact) mass is 310 g/mol. The summed E-state index contributed by atoms with van der Waals surface area (Å²) in [5.41, 5.74) is 1.02. The molecule has 0 unspecified atom stereocenters. The SMILES string of the molecule is CO[C@@H]1C[C@@H](O)[C@@H](CC(=O)O)[C@H](COCc2ccccc2)O1. The van der Waals surface area contributed by atoms with Crippen molar-refractivity contribution < 1.29 is 29.2 Å². The minimum atomic E-state index is -0.962. The van der Waals surface area contributed by atoms with Crippen molar-refractivity contribution in [2.45, 2.75) is 37.9 Å². The molecule has 6 heteroatoms. The molecular formula is C16H22O6. The Labute approximate surface area is 129 Å². The highest BCUT2D eigenvalue weighted by Gasteiger charge is 2.39. The molecule has 4 atom stereocenters. The lowest BCUT2D eigenvalue weighted by Gasteiger charge is -2.38. The third-order valence-corrected chi connectivity index (χ3v) is 3.80. The highest BCUT2D eigenvalue weighted by atomic mass is 16.7. The second-order valence-corrected chi connectivity index (χ2v) is 5.41. The molecular weight excluding hydrogens is 288 g/mol. The number of carboxylic acid groups (broad SMARTS) is 1. The first-order valence-electron chi connectivity index (χ1n) is 7.30. The molecule has 0 radical (unpaired) electrons. The molecule has 1 aromatic rings. The van der Waals surface area contributed by atoms with Crippen LogP contribution < -0.4 is 0 Å². The predicted molar refractivity (Wildman–Crippen MR) is 78.1 cm³/mol. The van der Waals surface area contributed by atoms with Gasteiger partial charge >= 0.3 is 5.97 Å². The maximum atomic E-state index is 11.0. The van der Waals surface area contributed by atoms with Gasteiger partial charge in [-0.1, -0.05) is 30.3 Å². The summed E-state index contributed by atoms with van der Waals surface area (Å²) < 4.78 is 16.4. The number of benzene rings is 1. The van der Waals surface area contributed by atoms with Gasteiger partial charge in [0.05, 0.1) is 31.8 Å². The van der Waals surface area contributed by atoms with E-state index in [1.165, 1.54) is 7.11 Å². The molecule has 1 saturated heterocycles. The Balaban J connectivity index is 1.92. The zero-order valence-electron chi connectivity index (χ0n) is 12.6. The van der Waals surface area contributed by atoms with Gasteiger partial charge in [0.25, 0.3) is 0 Å². The molecule has 2 rings (SSSR count). The molecule has 1 aliphatic heterocycles. The van der Waals surface area contributed by atoms with Crippen molar-refractivity contribution >= 4 is 5.97 Å². The second kappa shape index (κ2) is 8.24. The van der Waals surface area contributed by atoms with E-state index in [9.17, 15) is 9.90 Å². The molecule has 1 heterocycles. The van der Waals surface area contributed by atoms with E-state index >= 15 is 0 Å². The van der Waals surface area contributed by atoms with Gasteiger partial charge in [-0.25, -0.2) is 0 Å². The van der Waals surface area contributed by atoms with Crippen LogP contribution in [0.25, 0.3) is 0 Å². The largest absolute Gasteiger partial charge is 0.481 e. The highest BCUT2D eigenvalue weighted by Crippen LogP contribution is 2.29. The Bertz CT molecular complexity index is 463. The second-order valence-electron chi connectivity index (χ2n) is 5.41. The number of aliphatic hydroxyl groups excluding tert-OH is 1. The number of hydrogen-bond acceptors (Lipinski definition) is 5. The number of rotatable bonds is 7. The average Bonchev–Trinajstić information content (AvgIpc) is 2.51. The van der Waals surface area contributed by atoms with E-state index in [1.807, 2.05) is 30.3 Å². The molecule has 1 aromatic carbocycles. The van der Waals surface area contributed by atoms with Crippen LogP contribution in [0.15, 0.2) is 30.3 Å². The number of carboxylic acids is 1. The van der Waals surface area contributed by atoms with E-state index in [1.54, 1.807) is 0 Å². The first-order chi connectivity index (χ1) is 10.6. The number of ether oxygens (including phenoxy) is 3. The molecule has 0 bridgehead atoms. The molecule has 1 fully saturated rings. The van der Waals surface area contributed by atoms with Crippen LogP contribution in [0.2, 0.25) is 0 Å². The fraction of sp³-hybridized carbons (Fsp3) is 0.562. The van der Waals surface area contributed by atoms with Crippen molar-refractivity contribution in [1.82, 2.24) is 0 Å². The summed E-state index contributed by atoms with van der Waals surface area (Å²) in [6, 6.07) is 9.67. The van der Waals surface area contributed by atoms with E-state index in [4.69, 9.17) is 19.3 Å². The van der Waals surface area contributed by atoms with Gasteiger partial charge in [-0.3, -0.25) is 4.79 Å². The number of aliphatic hydroxyl groups is 1. The lowest BCUT2D eigenvalue weighted by atomic mass is 9.88. The van der Waals surface area contributed by atoms with Gasteiger partial charge in [0, 0.05) is 19.4 Å². The standard InChI is InChI=1S/C16H22O6/c1-20-16-8-13(17)12(7-15(18)19)14(22-16)10-21-9-11-5-3-2-4-6-11/h2-6,12-14,16-17H,7-10H2,1H3,(H,18,19)/t12-,13-,14+,16+/m1/s1. The van der Waals surface area contributed by atoms with E-state index in [-0.39, 0.29) is 19.4 Å². The zero-order valence-corrected chi connectivity index (χ0v) is 12.6. The average molecular weight is 310 g/mol. The predicted octanol–water partition coefficient (Wildman–Crippen LogP) is 1.42. The van der Waals surface area contributed by atoms with E-state index in [0.29, 0.717) is 6.61 Å². The summed E-state index contributed by atoms with van der Waals surface area (Å²) in [5, 5.41) is 19.1. The number of hydrogen-bond donors (Lipinski definition) is 2. The lowest BCUT2D eigenvalue weighted by Crippen LogP contribution is -2.47. The minimum Gasteiger partial charge on any atom is -0.481 e. The number of aliphatic carboxylic acids is 1. The molecule has 0 amide bonds. The molecule has 1 aliphatic rings. The Hall–Kier alpha value is -1.47. The minimum absolute atomic E-state index is 0.156. The third-order valence-electron chi connectivity index (χ3n) is 3.80. The van der Waals surface area contributed by atoms with E-state index in [2.05, 4.69) is 0 Å². The number of carbonyl (C=O) groups is 1. The summed E-state index contributed by atoms with van der Waals surface area (Å²) in [6.45, 7) is 0.623. The molecule has 22 heavy (non-hydrogen) atoms. The molecule has 0 aliphatic carbocycles. The van der Waals surface area contributed by atoms with Gasteiger partial charge in [0.2, 0.25) is 0 Å². The van der Waals surface area contributed by atoms with Gasteiger partial charge < -0.3 is 24.4 Å². The van der Waals surface area contributed by atoms with Crippen molar-refractivity contribution in [2.75, 3.05) is 13.7 Å². The van der Waals surface area contributed by atoms with Gasteiger partial charge in [-0.05, 0) is 5.56 Å². The van der Waals surface area contributed by atoms with Crippen LogP contribution >= 0.6 is 0 Å². The van der Waals surface area contributed by atoms with E-state index in [0.717, 1.165) is 5.56 Å². The zero-order chi connectivity index (χ0) is 15.9. The summed E-state index contributed by atoms with van der Waals surface area (Å²) >= 11 is 0. The third kappa shape index (κ3) is 4.78. The smallest absolute Gasteiger partial charge is 0.303 e. The van der Waals surface area contributed by atoms with Crippen LogP contribution in [0.3, 0.4) is 0 Å². The van der Waals surface area contributed by atoms with Crippen LogP contribution in [-0.4, -0.2) is 48.4 Å². The first kappa shape index (κ1) is 16.9. The maximum absolute atomic E-state index is 11.0. The maximum Gasteiger partial charge on any atom is 0.303 e. The molecule has 6 nitrogen and oxygen atoms in total. The molecule has 0 spiro atoms. The lowest BCUT2D eigenvalue weighted by molar-refractivity contribution is -0.239. The van der Waals surface area contributed by atoms with Crippen molar-refractivity contribution in [1.29, 1.82) is 0 Å². The van der Waals surface area contributed by atoms with Crippen molar-refractivity contribution in [2.24, 2.45) is 5.92 Å². The van der Waals surface area contributed by atoms with Crippen molar-refractivity contribution in [3.63, 3.8) is 0 Å². The quantitative estimate of drug-likeness (QED) is 0.792. The Morgan fingerprint density at radius 3 is 2.73 bits per heavy atom. The summed E-state index contributed by atoms with van der Waals surface area (Å²) in [5.74, 6) is -1.46. The van der Waals surface area contributed by atoms with Crippen LogP contribution in [0.5, 0.6) is 0 Å². The highest BCUT2D eigenvalue weighted by molar-refractivity contribution is 5.67. The van der Waals surface area contributed by atoms with Gasteiger partial charge in [-0.15, -0.1) is 0 Å². The van der Waals surface area contributed by atoms with Crippen LogP contribution in [0.1, 0.15) is 18.4 Å². The van der Waals surface area contributed by atoms with Crippen LogP contribution in [0.4, 0.5) is 0 Å². The Morgan fingerprint density at radius 2 is 2.09 bits per heavy atom. The first-order valence-corrected chi connectivity index (χ1v) is 7.30. The van der Waals surface area contributed by atoms with Gasteiger partial charge in [0.15, 0.2) is 6.29 Å². The molecule has 2 N–H and O–H groups in total. The Kier molecular flexibility index (Phi) is 6.33. The normalized spacial score (nSPS) is 28.5. The number of methoxy groups -OCH3 is 1. The van der Waals surface area contributed by atoms with Gasteiger partial charge in [0.1, 0.15) is 0 Å². The summed E-state index contributed by atoms with van der Waals surface area (Å²) in [4.78, 5) is 11.0. The molecule has 0 aromatic heterocycles. The molecule has 122 valence electrons. The van der Waals surface area contributed by atoms with Crippen molar-refractivity contribution in [3.05, 3.63) is 35.9 Å². The van der Waals surface area contributed by atoms with E-state index < -0.39 is 30.4 Å². The van der Waals surface area contributed by atoms with Crippen molar-refractivity contribution in [3.8, 4) is 0 Å². The molecule has 0 saturated carbocycles. The van der Waals surface area contributed by atoms with Gasteiger partial charge in [-0.2, -0.15) is 0 Å². The Morgan fingerprint density at radius 1 is 1.36 bits per heavy atom. The summed E-state index contributed by atoms with van der Waals surface area (Å²) in [6.07, 6.45) is -1.71. The van der Waals surface area contributed by atoms with Crippen LogP contribution in [-0.2, 0) is 25.6 Å². The van der Waals surface area contributed by atoms with Crippen LogP contribution in [0, 0.1) is 5.92 Å². The fourth-order valence-electron chi connectivity index (χ4n) is 2.62. The topological polar surface area (TPSA) is 85.2 Å².